The Balaban J connectivity index is 1.77. The molecule has 0 spiro atoms. The fraction of sp³-hybridized carbons (Fsp3) is 0.600. The minimum absolute atomic E-state index is 0.328. The van der Waals surface area contributed by atoms with Crippen molar-refractivity contribution in [1.82, 2.24) is 4.98 Å². The van der Waals surface area contributed by atoms with Crippen molar-refractivity contribution in [2.24, 2.45) is 5.92 Å². The van der Waals surface area contributed by atoms with Crippen LogP contribution in [0.5, 0.6) is 0 Å². The van der Waals surface area contributed by atoms with Gasteiger partial charge in [0, 0.05) is 6.20 Å². The van der Waals surface area contributed by atoms with E-state index in [0.717, 1.165) is 12.3 Å². The molecular formula is C15H19NO2. The third-order valence-electron chi connectivity index (χ3n) is 4.24. The molecule has 1 atom stereocenters. The molecular weight excluding hydrogens is 226 g/mol. The smallest absolute Gasteiger partial charge is 0.356 e. The zero-order valence-electron chi connectivity index (χ0n) is 10.8. The Kier molecular flexibility index (Phi) is 3.06. The van der Waals surface area contributed by atoms with Crippen LogP contribution in [0.1, 0.15) is 59.6 Å². The third kappa shape index (κ3) is 2.26. The second-order valence-corrected chi connectivity index (χ2v) is 5.52. The number of rotatable bonds is 4. The summed E-state index contributed by atoms with van der Waals surface area (Å²) in [5, 5.41) is 0. The van der Waals surface area contributed by atoms with Gasteiger partial charge in [0.2, 0.25) is 0 Å². The van der Waals surface area contributed by atoms with Gasteiger partial charge in [0.1, 0.15) is 5.69 Å². The number of nitrogens with zero attached hydrogens (tertiary/aromatic N) is 1. The Bertz CT molecular complexity index is 466. The molecule has 2 aliphatic carbocycles. The molecule has 1 heterocycles. The number of ether oxygens (including phenoxy) is 1. The molecule has 1 saturated carbocycles. The zero-order valence-corrected chi connectivity index (χ0v) is 10.8. The van der Waals surface area contributed by atoms with E-state index in [0.29, 0.717) is 11.6 Å². The quantitative estimate of drug-likeness (QED) is 0.765. The van der Waals surface area contributed by atoms with Crippen LogP contribution >= 0.6 is 0 Å². The second kappa shape index (κ2) is 4.71. The molecule has 96 valence electrons. The topological polar surface area (TPSA) is 39.2 Å². The number of aromatic nitrogens is 1. The van der Waals surface area contributed by atoms with Gasteiger partial charge >= 0.3 is 5.97 Å². The normalized spacial score (nSPS) is 21.7. The number of pyridine rings is 1. The minimum atomic E-state index is -0.328. The molecule has 1 fully saturated rings. The van der Waals surface area contributed by atoms with Gasteiger partial charge in [-0.2, -0.15) is 0 Å². The van der Waals surface area contributed by atoms with E-state index in [-0.39, 0.29) is 5.97 Å². The second-order valence-electron chi connectivity index (χ2n) is 5.52. The van der Waals surface area contributed by atoms with Crippen LogP contribution in [0.15, 0.2) is 12.3 Å². The van der Waals surface area contributed by atoms with Gasteiger partial charge in [-0.3, -0.25) is 0 Å². The highest BCUT2D eigenvalue weighted by molar-refractivity contribution is 5.87. The summed E-state index contributed by atoms with van der Waals surface area (Å²) in [6, 6.07) is 1.95. The van der Waals surface area contributed by atoms with Crippen molar-refractivity contribution in [1.29, 1.82) is 0 Å². The average molecular weight is 245 g/mol. The number of carbonyl (C=O) groups excluding carboxylic acids is 1. The Hall–Kier alpha value is -1.38. The maximum absolute atomic E-state index is 11.5. The van der Waals surface area contributed by atoms with Gasteiger partial charge in [0.25, 0.3) is 0 Å². The SMILES string of the molecule is COC(=O)c1cc2c(cn1)CC[C@@H]2CCC1CC1. The van der Waals surface area contributed by atoms with E-state index in [1.54, 1.807) is 0 Å². The summed E-state index contributed by atoms with van der Waals surface area (Å²) in [5.74, 6) is 1.29. The average Bonchev–Trinajstić information content (AvgIpc) is 3.15. The van der Waals surface area contributed by atoms with Crippen molar-refractivity contribution < 1.29 is 9.53 Å². The number of hydrogen-bond acceptors (Lipinski definition) is 3. The van der Waals surface area contributed by atoms with Gasteiger partial charge in [0.05, 0.1) is 7.11 Å². The predicted molar refractivity (Wildman–Crippen MR) is 68.6 cm³/mol. The number of aryl methyl sites for hydroxylation is 1. The van der Waals surface area contributed by atoms with E-state index in [1.165, 1.54) is 50.3 Å². The monoisotopic (exact) mass is 245 g/mol. The largest absolute Gasteiger partial charge is 0.464 e. The van der Waals surface area contributed by atoms with Crippen molar-refractivity contribution in [3.63, 3.8) is 0 Å². The lowest BCUT2D eigenvalue weighted by atomic mass is 9.95. The molecule has 1 aromatic rings. The van der Waals surface area contributed by atoms with E-state index in [1.807, 2.05) is 12.3 Å². The first-order chi connectivity index (χ1) is 8.78. The molecule has 0 saturated heterocycles. The maximum atomic E-state index is 11.5. The Morgan fingerprint density at radius 1 is 1.39 bits per heavy atom. The molecule has 3 heteroatoms. The van der Waals surface area contributed by atoms with E-state index >= 15 is 0 Å². The lowest BCUT2D eigenvalue weighted by Gasteiger charge is -2.11. The van der Waals surface area contributed by atoms with E-state index in [9.17, 15) is 4.79 Å². The molecule has 0 unspecified atom stereocenters. The Labute approximate surface area is 108 Å². The number of fused-ring (bicyclic) bond motifs is 1. The summed E-state index contributed by atoms with van der Waals surface area (Å²) < 4.78 is 4.74. The van der Waals surface area contributed by atoms with Crippen molar-refractivity contribution in [3.05, 3.63) is 29.1 Å². The van der Waals surface area contributed by atoms with Crippen LogP contribution in [0.25, 0.3) is 0 Å². The molecule has 2 aliphatic rings. The van der Waals surface area contributed by atoms with Crippen LogP contribution in [0.4, 0.5) is 0 Å². The highest BCUT2D eigenvalue weighted by Gasteiger charge is 2.27. The van der Waals surface area contributed by atoms with Crippen molar-refractivity contribution in [2.45, 2.75) is 44.4 Å². The number of methoxy groups -OCH3 is 1. The number of carbonyl (C=O) groups is 1. The van der Waals surface area contributed by atoms with Crippen molar-refractivity contribution in [2.75, 3.05) is 7.11 Å². The van der Waals surface area contributed by atoms with Gasteiger partial charge in [-0.25, -0.2) is 9.78 Å². The van der Waals surface area contributed by atoms with E-state index in [4.69, 9.17) is 4.74 Å². The summed E-state index contributed by atoms with van der Waals surface area (Å²) in [6.45, 7) is 0. The van der Waals surface area contributed by atoms with Crippen LogP contribution in [-0.2, 0) is 11.2 Å². The van der Waals surface area contributed by atoms with Crippen LogP contribution < -0.4 is 0 Å². The summed E-state index contributed by atoms with van der Waals surface area (Å²) in [5.41, 5.74) is 3.11. The lowest BCUT2D eigenvalue weighted by Crippen LogP contribution is -2.06. The first-order valence-corrected chi connectivity index (χ1v) is 6.85. The maximum Gasteiger partial charge on any atom is 0.356 e. The van der Waals surface area contributed by atoms with Crippen LogP contribution in [-0.4, -0.2) is 18.1 Å². The molecule has 0 aliphatic heterocycles. The molecule has 0 amide bonds. The lowest BCUT2D eigenvalue weighted by molar-refractivity contribution is 0.0594. The molecule has 18 heavy (non-hydrogen) atoms. The molecule has 3 nitrogen and oxygen atoms in total. The predicted octanol–water partition coefficient (Wildman–Crippen LogP) is 3.09. The van der Waals surface area contributed by atoms with Gasteiger partial charge in [-0.15, -0.1) is 0 Å². The Morgan fingerprint density at radius 3 is 2.94 bits per heavy atom. The van der Waals surface area contributed by atoms with E-state index in [2.05, 4.69) is 4.98 Å². The van der Waals surface area contributed by atoms with E-state index < -0.39 is 0 Å². The van der Waals surface area contributed by atoms with Crippen LogP contribution in [0, 0.1) is 5.92 Å². The first-order valence-electron chi connectivity index (χ1n) is 6.85. The summed E-state index contributed by atoms with van der Waals surface area (Å²) in [6.07, 6.45) is 9.64. The molecule has 0 N–H and O–H groups in total. The van der Waals surface area contributed by atoms with Gasteiger partial charge in [-0.05, 0) is 54.7 Å². The Morgan fingerprint density at radius 2 is 2.22 bits per heavy atom. The van der Waals surface area contributed by atoms with Crippen molar-refractivity contribution in [3.8, 4) is 0 Å². The molecule has 0 bridgehead atoms. The highest BCUT2D eigenvalue weighted by Crippen LogP contribution is 2.41. The molecule has 3 rings (SSSR count). The van der Waals surface area contributed by atoms with Crippen LogP contribution in [0.2, 0.25) is 0 Å². The van der Waals surface area contributed by atoms with Gasteiger partial charge in [-0.1, -0.05) is 12.8 Å². The number of hydrogen-bond donors (Lipinski definition) is 0. The molecule has 1 aromatic heterocycles. The standard InChI is InChI=1S/C15H19NO2/c1-18-15(17)14-8-13-11(5-4-10-2-3-10)6-7-12(13)9-16-14/h8-11H,2-7H2,1H3/t11-/m0/s1. The molecule has 0 aromatic carbocycles. The first kappa shape index (κ1) is 11.7. The minimum Gasteiger partial charge on any atom is -0.464 e. The third-order valence-corrected chi connectivity index (χ3v) is 4.24. The van der Waals surface area contributed by atoms with Gasteiger partial charge < -0.3 is 4.74 Å². The fourth-order valence-electron chi connectivity index (χ4n) is 2.93. The zero-order chi connectivity index (χ0) is 12.5. The summed E-state index contributed by atoms with van der Waals surface area (Å²) in [4.78, 5) is 15.7. The fourth-order valence-corrected chi connectivity index (χ4v) is 2.93. The van der Waals surface area contributed by atoms with Gasteiger partial charge in [0.15, 0.2) is 0 Å². The highest BCUT2D eigenvalue weighted by atomic mass is 16.5. The summed E-state index contributed by atoms with van der Waals surface area (Å²) in [7, 11) is 1.40. The molecule has 0 radical (unpaired) electrons. The van der Waals surface area contributed by atoms with Crippen LogP contribution in [0.3, 0.4) is 0 Å². The summed E-state index contributed by atoms with van der Waals surface area (Å²) >= 11 is 0. The van der Waals surface area contributed by atoms with Crippen molar-refractivity contribution >= 4 is 5.97 Å². The number of esters is 1.